The highest BCUT2D eigenvalue weighted by atomic mass is 16.6. The summed E-state index contributed by atoms with van der Waals surface area (Å²) in [5.41, 5.74) is 1.52. The highest BCUT2D eigenvalue weighted by Gasteiger charge is 2.45. The maximum absolute atomic E-state index is 12.9. The van der Waals surface area contributed by atoms with E-state index in [9.17, 15) is 9.90 Å². The molecule has 0 radical (unpaired) electrons. The van der Waals surface area contributed by atoms with Gasteiger partial charge in [0.15, 0.2) is 0 Å². The first-order valence-corrected chi connectivity index (χ1v) is 11.8. The lowest BCUT2D eigenvalue weighted by atomic mass is 9.80. The van der Waals surface area contributed by atoms with Crippen LogP contribution < -0.4 is 0 Å². The zero-order valence-electron chi connectivity index (χ0n) is 20.1. The number of rotatable bonds is 6. The van der Waals surface area contributed by atoms with Gasteiger partial charge in [-0.2, -0.15) is 0 Å². The van der Waals surface area contributed by atoms with Crippen molar-refractivity contribution in [3.63, 3.8) is 0 Å². The first-order valence-electron chi connectivity index (χ1n) is 11.8. The van der Waals surface area contributed by atoms with Gasteiger partial charge in [0.1, 0.15) is 11.2 Å². The number of benzene rings is 3. The Bertz CT molecular complexity index is 967. The van der Waals surface area contributed by atoms with Gasteiger partial charge in [0.05, 0.1) is 25.3 Å². The lowest BCUT2D eigenvalue weighted by Gasteiger charge is -2.38. The second-order valence-corrected chi connectivity index (χ2v) is 9.72. The Morgan fingerprint density at radius 1 is 0.853 bits per heavy atom. The van der Waals surface area contributed by atoms with Crippen LogP contribution in [0.3, 0.4) is 0 Å². The largest absolute Gasteiger partial charge is 0.444 e. The van der Waals surface area contributed by atoms with Gasteiger partial charge in [-0.25, -0.2) is 4.79 Å². The fourth-order valence-corrected chi connectivity index (χ4v) is 4.65. The van der Waals surface area contributed by atoms with Gasteiger partial charge in [-0.3, -0.25) is 0 Å². The number of carbonyl (C=O) groups is 1. The molecule has 0 bridgehead atoms. The zero-order chi connectivity index (χ0) is 24.2. The predicted octanol–water partition coefficient (Wildman–Crippen LogP) is 5.37. The Balaban J connectivity index is 1.76. The van der Waals surface area contributed by atoms with E-state index in [0.717, 1.165) is 16.7 Å². The monoisotopic (exact) mass is 459 g/mol. The molecule has 4 rings (SSSR count). The molecule has 1 heterocycles. The molecule has 0 spiro atoms. The van der Waals surface area contributed by atoms with Gasteiger partial charge in [-0.05, 0) is 43.9 Å². The van der Waals surface area contributed by atoms with Crippen molar-refractivity contribution in [2.45, 2.75) is 50.5 Å². The summed E-state index contributed by atoms with van der Waals surface area (Å²) in [5, 5.41) is 10.0. The van der Waals surface area contributed by atoms with E-state index in [-0.39, 0.29) is 18.8 Å². The van der Waals surface area contributed by atoms with Crippen molar-refractivity contribution >= 4 is 6.09 Å². The molecule has 1 saturated heterocycles. The number of carbonyl (C=O) groups excluding carboxylic acids is 1. The minimum Gasteiger partial charge on any atom is -0.444 e. The van der Waals surface area contributed by atoms with E-state index in [4.69, 9.17) is 9.47 Å². The third-order valence-electron chi connectivity index (χ3n) is 6.10. The number of ether oxygens (including phenoxy) is 2. The van der Waals surface area contributed by atoms with Crippen LogP contribution in [-0.2, 0) is 15.1 Å². The van der Waals surface area contributed by atoms with Crippen LogP contribution in [0.4, 0.5) is 4.79 Å². The molecular formula is C29H33NO4. The van der Waals surface area contributed by atoms with Crippen LogP contribution in [0.2, 0.25) is 0 Å². The van der Waals surface area contributed by atoms with Crippen LogP contribution in [0.1, 0.15) is 43.9 Å². The molecule has 1 aliphatic rings. The number of hydrogen-bond acceptors (Lipinski definition) is 4. The van der Waals surface area contributed by atoms with E-state index < -0.39 is 17.3 Å². The van der Waals surface area contributed by atoms with Crippen molar-refractivity contribution in [1.82, 2.24) is 4.90 Å². The SMILES string of the molecule is CC(C)(C)OC(=O)N1CC(OC(c2ccccc2)(c2ccccc2)c2ccccc2)CC1CO. The molecule has 0 saturated carbocycles. The number of likely N-dealkylation sites (tertiary alicyclic amines) is 1. The van der Waals surface area contributed by atoms with Gasteiger partial charge in [0.2, 0.25) is 0 Å². The lowest BCUT2D eigenvalue weighted by Crippen LogP contribution is -2.42. The molecule has 2 unspecified atom stereocenters. The minimum absolute atomic E-state index is 0.145. The summed E-state index contributed by atoms with van der Waals surface area (Å²) in [7, 11) is 0. The van der Waals surface area contributed by atoms with Gasteiger partial charge in [-0.15, -0.1) is 0 Å². The minimum atomic E-state index is -0.877. The molecule has 1 amide bonds. The number of hydrogen-bond donors (Lipinski definition) is 1. The molecule has 5 heteroatoms. The van der Waals surface area contributed by atoms with E-state index in [1.807, 2.05) is 75.4 Å². The predicted molar refractivity (Wildman–Crippen MR) is 133 cm³/mol. The molecule has 3 aromatic rings. The van der Waals surface area contributed by atoms with Gasteiger partial charge < -0.3 is 19.5 Å². The van der Waals surface area contributed by atoms with Crippen LogP contribution in [0.25, 0.3) is 0 Å². The van der Waals surface area contributed by atoms with Crippen LogP contribution in [-0.4, -0.2) is 47.0 Å². The van der Waals surface area contributed by atoms with Crippen molar-refractivity contribution in [2.24, 2.45) is 0 Å². The molecule has 0 aromatic heterocycles. The third kappa shape index (κ3) is 5.01. The number of aliphatic hydroxyl groups is 1. The first-order chi connectivity index (χ1) is 16.3. The Kier molecular flexibility index (Phi) is 7.05. The summed E-state index contributed by atoms with van der Waals surface area (Å²) in [6.07, 6.45) is -0.211. The summed E-state index contributed by atoms with van der Waals surface area (Å²) in [6.45, 7) is 5.72. The highest BCUT2D eigenvalue weighted by molar-refractivity contribution is 5.69. The summed E-state index contributed by atoms with van der Waals surface area (Å²) in [5.74, 6) is 0. The zero-order valence-corrected chi connectivity index (χ0v) is 20.1. The van der Waals surface area contributed by atoms with Gasteiger partial charge in [-0.1, -0.05) is 91.0 Å². The van der Waals surface area contributed by atoms with Gasteiger partial charge in [0, 0.05) is 0 Å². The molecule has 178 valence electrons. The standard InChI is InChI=1S/C29H33NO4/c1-28(2,3)34-27(32)30-20-26(19-25(30)21-31)33-29(22-13-7-4-8-14-22,23-15-9-5-10-16-23)24-17-11-6-12-18-24/h4-18,25-26,31H,19-21H2,1-3H3. The van der Waals surface area contributed by atoms with E-state index in [1.54, 1.807) is 4.90 Å². The molecule has 2 atom stereocenters. The number of amides is 1. The van der Waals surface area contributed by atoms with Crippen LogP contribution >= 0.6 is 0 Å². The van der Waals surface area contributed by atoms with Crippen LogP contribution in [0, 0.1) is 0 Å². The molecule has 34 heavy (non-hydrogen) atoms. The molecule has 0 aliphatic carbocycles. The van der Waals surface area contributed by atoms with Crippen molar-refractivity contribution < 1.29 is 19.4 Å². The lowest BCUT2D eigenvalue weighted by molar-refractivity contribution is -0.0431. The van der Waals surface area contributed by atoms with E-state index in [2.05, 4.69) is 36.4 Å². The van der Waals surface area contributed by atoms with Crippen molar-refractivity contribution in [2.75, 3.05) is 13.2 Å². The first kappa shape index (κ1) is 24.0. The molecule has 3 aromatic carbocycles. The summed E-state index contributed by atoms with van der Waals surface area (Å²) >= 11 is 0. The second kappa shape index (κ2) is 10.00. The van der Waals surface area contributed by atoms with E-state index in [1.165, 1.54) is 0 Å². The Morgan fingerprint density at radius 2 is 1.29 bits per heavy atom. The molecule has 5 nitrogen and oxygen atoms in total. The van der Waals surface area contributed by atoms with Gasteiger partial charge in [0.25, 0.3) is 0 Å². The van der Waals surface area contributed by atoms with Gasteiger partial charge >= 0.3 is 6.09 Å². The summed E-state index contributed by atoms with van der Waals surface area (Å²) < 4.78 is 12.6. The highest BCUT2D eigenvalue weighted by Crippen LogP contribution is 2.43. The average Bonchev–Trinajstić information content (AvgIpc) is 3.26. The average molecular weight is 460 g/mol. The Morgan fingerprint density at radius 3 is 1.68 bits per heavy atom. The normalized spacial score (nSPS) is 18.6. The van der Waals surface area contributed by atoms with E-state index >= 15 is 0 Å². The Labute approximate surface area is 201 Å². The molecular weight excluding hydrogens is 426 g/mol. The summed E-state index contributed by atoms with van der Waals surface area (Å²) in [6, 6.07) is 30.1. The fraction of sp³-hybridized carbons (Fsp3) is 0.345. The van der Waals surface area contributed by atoms with Crippen molar-refractivity contribution in [3.05, 3.63) is 108 Å². The maximum Gasteiger partial charge on any atom is 0.410 e. The molecule has 1 N–H and O–H groups in total. The van der Waals surface area contributed by atoms with Crippen LogP contribution in [0.15, 0.2) is 91.0 Å². The molecule has 1 fully saturated rings. The summed E-state index contributed by atoms with van der Waals surface area (Å²) in [4.78, 5) is 14.5. The number of aliphatic hydroxyl groups excluding tert-OH is 1. The topological polar surface area (TPSA) is 59.0 Å². The van der Waals surface area contributed by atoms with Crippen molar-refractivity contribution in [1.29, 1.82) is 0 Å². The van der Waals surface area contributed by atoms with Crippen molar-refractivity contribution in [3.8, 4) is 0 Å². The molecule has 1 aliphatic heterocycles. The quantitative estimate of drug-likeness (QED) is 0.504. The van der Waals surface area contributed by atoms with E-state index in [0.29, 0.717) is 13.0 Å². The fourth-order valence-electron chi connectivity index (χ4n) is 4.65. The van der Waals surface area contributed by atoms with Crippen LogP contribution in [0.5, 0.6) is 0 Å². The Hall–Kier alpha value is -3.15. The second-order valence-electron chi connectivity index (χ2n) is 9.72. The third-order valence-corrected chi connectivity index (χ3v) is 6.10. The maximum atomic E-state index is 12.9. The number of nitrogens with zero attached hydrogens (tertiary/aromatic N) is 1. The smallest absolute Gasteiger partial charge is 0.410 e.